The summed E-state index contributed by atoms with van der Waals surface area (Å²) in [5.41, 5.74) is 1.49. The van der Waals surface area contributed by atoms with Crippen molar-refractivity contribution in [2.45, 2.75) is 19.8 Å². The van der Waals surface area contributed by atoms with Crippen LogP contribution in [0.25, 0.3) is 0 Å². The molecule has 0 spiro atoms. The summed E-state index contributed by atoms with van der Waals surface area (Å²) in [7, 11) is 1.25. The number of ketones is 1. The Hall–Kier alpha value is -3.05. The minimum Gasteiger partial charge on any atom is -0.493 e. The van der Waals surface area contributed by atoms with E-state index >= 15 is 4.39 Å². The molecule has 2 heterocycles. The summed E-state index contributed by atoms with van der Waals surface area (Å²) >= 11 is 1.12. The second kappa shape index (κ2) is 6.69. The number of ether oxygens (including phenoxy) is 1. The number of allylic oxidation sites excluding steroid dienone is 4. The fourth-order valence-corrected chi connectivity index (χ4v) is 3.69. The number of thiophene rings is 1. The van der Waals surface area contributed by atoms with E-state index in [9.17, 15) is 9.59 Å². The van der Waals surface area contributed by atoms with Gasteiger partial charge in [-0.1, -0.05) is 0 Å². The number of fused-ring (bicyclic) bond motifs is 1. The van der Waals surface area contributed by atoms with Crippen LogP contribution in [0.15, 0.2) is 50.4 Å². The molecule has 0 radical (unpaired) electrons. The maximum atomic E-state index is 15.1. The lowest BCUT2D eigenvalue weighted by Gasteiger charge is -2.20. The third-order valence-corrected chi connectivity index (χ3v) is 4.98. The highest BCUT2D eigenvalue weighted by Crippen LogP contribution is 2.41. The number of carbonyl (C=O) groups excluding carboxylic acids is 1. The molecule has 26 heavy (non-hydrogen) atoms. The molecule has 8 heteroatoms. The Bertz CT molecular complexity index is 1000. The van der Waals surface area contributed by atoms with Crippen LogP contribution in [0.3, 0.4) is 0 Å². The van der Waals surface area contributed by atoms with Crippen LogP contribution in [0.4, 0.5) is 4.39 Å². The highest BCUT2D eigenvalue weighted by Gasteiger charge is 2.37. The second-order valence-electron chi connectivity index (χ2n) is 5.71. The molecular formula is C18H13FN2O4S. The molecule has 0 atom stereocenters. The Morgan fingerprint density at radius 1 is 1.50 bits per heavy atom. The molecule has 0 saturated heterocycles. The molecule has 1 aliphatic heterocycles. The van der Waals surface area contributed by atoms with E-state index in [2.05, 4.69) is 4.99 Å². The van der Waals surface area contributed by atoms with Crippen LogP contribution in [0, 0.1) is 11.3 Å². The smallest absolute Gasteiger partial charge is 0.307 e. The van der Waals surface area contributed by atoms with Gasteiger partial charge in [0, 0.05) is 28.6 Å². The van der Waals surface area contributed by atoms with Crippen LogP contribution < -0.4 is 0 Å². The van der Waals surface area contributed by atoms with Gasteiger partial charge in [-0.3, -0.25) is 14.6 Å². The van der Waals surface area contributed by atoms with Crippen molar-refractivity contribution in [3.63, 3.8) is 0 Å². The van der Waals surface area contributed by atoms with Crippen LogP contribution >= 0.6 is 11.3 Å². The molecule has 0 saturated carbocycles. The van der Waals surface area contributed by atoms with Crippen LogP contribution in [-0.4, -0.2) is 29.7 Å². The lowest BCUT2D eigenvalue weighted by atomic mass is 9.86. The van der Waals surface area contributed by atoms with Crippen molar-refractivity contribution in [3.8, 4) is 6.07 Å². The molecule has 0 fully saturated rings. The predicted molar refractivity (Wildman–Crippen MR) is 92.5 cm³/mol. The Morgan fingerprint density at radius 2 is 2.23 bits per heavy atom. The topological polar surface area (TPSA) is 99.8 Å². The summed E-state index contributed by atoms with van der Waals surface area (Å²) in [6.45, 7) is 1.61. The lowest BCUT2D eigenvalue weighted by Crippen LogP contribution is -2.20. The zero-order valence-corrected chi connectivity index (χ0v) is 14.7. The summed E-state index contributed by atoms with van der Waals surface area (Å²) in [6, 6.07) is 3.40. The molecule has 132 valence electrons. The zero-order valence-electron chi connectivity index (χ0n) is 13.9. The molecular weight excluding hydrogens is 359 g/mol. The number of carboxylic acids is 1. The van der Waals surface area contributed by atoms with E-state index in [0.717, 1.165) is 11.3 Å². The predicted octanol–water partition coefficient (Wildman–Crippen LogP) is 3.53. The van der Waals surface area contributed by atoms with Gasteiger partial charge in [-0.05, 0) is 18.6 Å². The quantitative estimate of drug-likeness (QED) is 0.797. The molecule has 3 rings (SSSR count). The van der Waals surface area contributed by atoms with Gasteiger partial charge in [-0.15, -0.1) is 11.3 Å². The van der Waals surface area contributed by atoms with E-state index < -0.39 is 17.6 Å². The zero-order chi connectivity index (χ0) is 19.0. The maximum Gasteiger partial charge on any atom is 0.307 e. The fourth-order valence-electron chi connectivity index (χ4n) is 3.01. The number of nitriles is 1. The van der Waals surface area contributed by atoms with Crippen molar-refractivity contribution in [2.24, 2.45) is 4.99 Å². The summed E-state index contributed by atoms with van der Waals surface area (Å²) in [6.07, 6.45) is -0.332. The van der Waals surface area contributed by atoms with E-state index in [4.69, 9.17) is 15.1 Å². The van der Waals surface area contributed by atoms with E-state index in [1.54, 1.807) is 6.92 Å². The van der Waals surface area contributed by atoms with Gasteiger partial charge < -0.3 is 9.84 Å². The number of aliphatic carboxylic acids is 1. The van der Waals surface area contributed by atoms with Crippen molar-refractivity contribution in [2.75, 3.05) is 7.11 Å². The van der Waals surface area contributed by atoms with Gasteiger partial charge in [0.1, 0.15) is 10.9 Å². The van der Waals surface area contributed by atoms with E-state index in [-0.39, 0.29) is 40.9 Å². The van der Waals surface area contributed by atoms with Crippen LogP contribution in [-0.2, 0) is 9.53 Å². The van der Waals surface area contributed by atoms with E-state index in [1.807, 2.05) is 6.07 Å². The number of nitrogens with zero attached hydrogens (tertiary/aromatic N) is 2. The number of hydrogen-bond donors (Lipinski definition) is 1. The number of Topliss-reactive ketones (excluding diaryl/α,β-unsaturated/α-hetero) is 1. The summed E-state index contributed by atoms with van der Waals surface area (Å²) in [5, 5.41) is 19.5. The Balaban J connectivity index is 2.08. The van der Waals surface area contributed by atoms with Crippen molar-refractivity contribution in [1.82, 2.24) is 0 Å². The molecule has 2 aliphatic rings. The third-order valence-electron chi connectivity index (χ3n) is 4.14. The van der Waals surface area contributed by atoms with E-state index in [0.29, 0.717) is 16.3 Å². The van der Waals surface area contributed by atoms with Crippen molar-refractivity contribution in [1.29, 1.82) is 5.26 Å². The molecule has 1 N–H and O–H groups in total. The summed E-state index contributed by atoms with van der Waals surface area (Å²) in [5.74, 6) is -2.54. The highest BCUT2D eigenvalue weighted by molar-refractivity contribution is 7.10. The summed E-state index contributed by atoms with van der Waals surface area (Å²) in [4.78, 5) is 28.5. The van der Waals surface area contributed by atoms with Crippen molar-refractivity contribution in [3.05, 3.63) is 55.9 Å². The highest BCUT2D eigenvalue weighted by atomic mass is 32.1. The molecule has 0 unspecified atom stereocenters. The van der Waals surface area contributed by atoms with Gasteiger partial charge in [-0.25, -0.2) is 4.39 Å². The molecule has 0 aromatic carbocycles. The maximum absolute atomic E-state index is 15.1. The van der Waals surface area contributed by atoms with Crippen LogP contribution in [0.5, 0.6) is 0 Å². The number of carbonyl (C=O) groups is 2. The Kier molecular flexibility index (Phi) is 4.57. The largest absolute Gasteiger partial charge is 0.493 e. The van der Waals surface area contributed by atoms with Gasteiger partial charge in [0.05, 0.1) is 24.8 Å². The van der Waals surface area contributed by atoms with Crippen molar-refractivity contribution < 1.29 is 23.8 Å². The number of aliphatic imine (C=N–C) groups is 1. The minimum atomic E-state index is -1.09. The number of hydrogen-bond acceptors (Lipinski definition) is 6. The molecule has 0 amide bonds. The first-order chi connectivity index (χ1) is 12.4. The SMILES string of the molecule is COC1=C(C(=O)c2csc(C#N)c2)CC2=NC(C)=C(CC(=O)O)C2=C1F. The molecule has 6 nitrogen and oxygen atoms in total. The average Bonchev–Trinajstić information content (AvgIpc) is 3.19. The Morgan fingerprint density at radius 3 is 2.81 bits per heavy atom. The van der Waals surface area contributed by atoms with Crippen LogP contribution in [0.2, 0.25) is 0 Å². The van der Waals surface area contributed by atoms with Gasteiger partial charge in [0.15, 0.2) is 17.4 Å². The average molecular weight is 372 g/mol. The molecule has 1 aliphatic carbocycles. The Labute approximate surface area is 152 Å². The van der Waals surface area contributed by atoms with Gasteiger partial charge in [0.2, 0.25) is 0 Å². The van der Waals surface area contributed by atoms with E-state index in [1.165, 1.54) is 18.6 Å². The second-order valence-corrected chi connectivity index (χ2v) is 6.62. The number of halogens is 1. The number of methoxy groups -OCH3 is 1. The first-order valence-electron chi connectivity index (χ1n) is 7.57. The third kappa shape index (κ3) is 2.86. The first kappa shape index (κ1) is 17.8. The molecule has 0 bridgehead atoms. The minimum absolute atomic E-state index is 0.0307. The monoisotopic (exact) mass is 372 g/mol. The molecule has 1 aromatic heterocycles. The van der Waals surface area contributed by atoms with Gasteiger partial charge in [0.25, 0.3) is 0 Å². The first-order valence-corrected chi connectivity index (χ1v) is 8.45. The molecule has 1 aromatic rings. The summed E-state index contributed by atoms with van der Waals surface area (Å²) < 4.78 is 20.2. The lowest BCUT2D eigenvalue weighted by molar-refractivity contribution is -0.136. The van der Waals surface area contributed by atoms with Gasteiger partial charge in [-0.2, -0.15) is 5.26 Å². The van der Waals surface area contributed by atoms with Crippen LogP contribution in [0.1, 0.15) is 35.0 Å². The van der Waals surface area contributed by atoms with Gasteiger partial charge >= 0.3 is 5.97 Å². The normalized spacial score (nSPS) is 16.5. The standard InChI is InChI=1S/C18H13FN2O4S/c1-8-11(5-14(22)23)15-13(21-8)4-12(18(25-2)16(15)19)17(24)9-3-10(6-20)26-7-9/h3,7H,4-5H2,1-2H3,(H,22,23). The fraction of sp³-hybridized carbons (Fsp3) is 0.222. The number of rotatable bonds is 5. The number of carboxylic acid groups (broad SMARTS) is 1. The van der Waals surface area contributed by atoms with Crippen molar-refractivity contribution >= 4 is 28.8 Å².